The molecule has 17 heavy (non-hydrogen) atoms. The lowest BCUT2D eigenvalue weighted by Crippen LogP contribution is -2.39. The zero-order valence-electron chi connectivity index (χ0n) is 10.6. The minimum absolute atomic E-state index is 0. The predicted octanol–water partition coefficient (Wildman–Crippen LogP) is 1.66. The lowest BCUT2D eigenvalue weighted by atomic mass is 10.0. The van der Waals surface area contributed by atoms with Crippen molar-refractivity contribution >= 4 is 12.4 Å². The van der Waals surface area contributed by atoms with Gasteiger partial charge in [-0.05, 0) is 44.6 Å². The van der Waals surface area contributed by atoms with E-state index >= 15 is 0 Å². The Morgan fingerprint density at radius 2 is 2.00 bits per heavy atom. The maximum absolute atomic E-state index is 5.57. The highest BCUT2D eigenvalue weighted by atomic mass is 35.5. The van der Waals surface area contributed by atoms with Crippen molar-refractivity contribution in [3.8, 4) is 0 Å². The second-order valence-corrected chi connectivity index (χ2v) is 5.77. The van der Waals surface area contributed by atoms with Crippen molar-refractivity contribution in [2.24, 2.45) is 5.92 Å². The van der Waals surface area contributed by atoms with Gasteiger partial charge in [0.2, 0.25) is 0 Å². The fraction of sp³-hybridized carbons (Fsp3) is 1.00. The number of ether oxygens (including phenoxy) is 1. The van der Waals surface area contributed by atoms with E-state index in [0.717, 1.165) is 31.2 Å². The molecule has 3 saturated heterocycles. The van der Waals surface area contributed by atoms with Gasteiger partial charge < -0.3 is 15.0 Å². The number of hydrogen-bond acceptors (Lipinski definition) is 3. The molecule has 0 amide bonds. The number of nitrogens with zero attached hydrogens (tertiary/aromatic N) is 1. The van der Waals surface area contributed by atoms with E-state index in [1.165, 1.54) is 51.7 Å². The Bertz CT molecular complexity index is 233. The predicted molar refractivity (Wildman–Crippen MR) is 71.8 cm³/mol. The SMILES string of the molecule is C1COCC(CN2CCC3CCC(C2)N3)C1.Cl. The molecule has 3 aliphatic heterocycles. The van der Waals surface area contributed by atoms with Gasteiger partial charge in [0.1, 0.15) is 0 Å². The second-order valence-electron chi connectivity index (χ2n) is 5.77. The maximum Gasteiger partial charge on any atom is 0.0506 e. The molecular weight excluding hydrogens is 236 g/mol. The third kappa shape index (κ3) is 3.57. The molecule has 0 aromatic rings. The van der Waals surface area contributed by atoms with Crippen LogP contribution < -0.4 is 5.32 Å². The Hall–Kier alpha value is 0.170. The van der Waals surface area contributed by atoms with E-state index in [1.54, 1.807) is 0 Å². The van der Waals surface area contributed by atoms with Gasteiger partial charge in [0.15, 0.2) is 0 Å². The summed E-state index contributed by atoms with van der Waals surface area (Å²) >= 11 is 0. The minimum Gasteiger partial charge on any atom is -0.381 e. The van der Waals surface area contributed by atoms with Crippen molar-refractivity contribution in [2.45, 2.75) is 44.2 Å². The summed E-state index contributed by atoms with van der Waals surface area (Å²) in [4.78, 5) is 2.68. The first-order chi connectivity index (χ1) is 7.90. The summed E-state index contributed by atoms with van der Waals surface area (Å²) in [6.07, 6.45) is 6.79. The normalized spacial score (nSPS) is 38.5. The van der Waals surface area contributed by atoms with Crippen LogP contribution in [0.4, 0.5) is 0 Å². The maximum atomic E-state index is 5.57. The molecule has 3 rings (SSSR count). The molecule has 100 valence electrons. The summed E-state index contributed by atoms with van der Waals surface area (Å²) in [6.45, 7) is 5.82. The summed E-state index contributed by atoms with van der Waals surface area (Å²) < 4.78 is 5.57. The minimum atomic E-state index is 0. The number of halogens is 1. The van der Waals surface area contributed by atoms with E-state index < -0.39 is 0 Å². The molecule has 0 radical (unpaired) electrons. The zero-order chi connectivity index (χ0) is 10.8. The highest BCUT2D eigenvalue weighted by molar-refractivity contribution is 5.85. The quantitative estimate of drug-likeness (QED) is 0.817. The van der Waals surface area contributed by atoms with Gasteiger partial charge in [-0.1, -0.05) is 0 Å². The van der Waals surface area contributed by atoms with Gasteiger partial charge >= 0.3 is 0 Å². The summed E-state index contributed by atoms with van der Waals surface area (Å²) in [5.74, 6) is 0.797. The highest BCUT2D eigenvalue weighted by Crippen LogP contribution is 2.22. The van der Waals surface area contributed by atoms with Crippen molar-refractivity contribution < 1.29 is 4.74 Å². The smallest absolute Gasteiger partial charge is 0.0506 e. The first-order valence-electron chi connectivity index (χ1n) is 6.96. The summed E-state index contributed by atoms with van der Waals surface area (Å²) in [6, 6.07) is 1.59. The topological polar surface area (TPSA) is 24.5 Å². The molecule has 4 heteroatoms. The largest absolute Gasteiger partial charge is 0.381 e. The molecule has 0 aromatic carbocycles. The number of rotatable bonds is 2. The molecule has 3 atom stereocenters. The average Bonchev–Trinajstić information content (AvgIpc) is 2.64. The van der Waals surface area contributed by atoms with E-state index in [1.807, 2.05) is 0 Å². The fourth-order valence-electron chi connectivity index (χ4n) is 3.50. The van der Waals surface area contributed by atoms with Gasteiger partial charge in [0, 0.05) is 31.8 Å². The number of likely N-dealkylation sites (tertiary alicyclic amines) is 1. The van der Waals surface area contributed by atoms with E-state index in [0.29, 0.717) is 0 Å². The van der Waals surface area contributed by atoms with E-state index in [2.05, 4.69) is 10.2 Å². The molecule has 1 N–H and O–H groups in total. The van der Waals surface area contributed by atoms with Crippen molar-refractivity contribution in [3.63, 3.8) is 0 Å². The Balaban J connectivity index is 0.00000108. The van der Waals surface area contributed by atoms with Gasteiger partial charge in [0.05, 0.1) is 6.61 Å². The molecule has 0 aromatic heterocycles. The molecule has 2 bridgehead atoms. The van der Waals surface area contributed by atoms with Gasteiger partial charge in [-0.25, -0.2) is 0 Å². The average molecular weight is 261 g/mol. The van der Waals surface area contributed by atoms with Crippen LogP contribution in [-0.4, -0.2) is 49.8 Å². The molecule has 3 unspecified atom stereocenters. The highest BCUT2D eigenvalue weighted by Gasteiger charge is 2.30. The Morgan fingerprint density at radius 1 is 1.12 bits per heavy atom. The van der Waals surface area contributed by atoms with Crippen LogP contribution >= 0.6 is 12.4 Å². The molecule has 0 saturated carbocycles. The Kier molecular flexibility index (Phi) is 5.10. The molecule has 3 aliphatic rings. The van der Waals surface area contributed by atoms with Crippen molar-refractivity contribution in [1.82, 2.24) is 10.2 Å². The summed E-state index contributed by atoms with van der Waals surface area (Å²) in [7, 11) is 0. The van der Waals surface area contributed by atoms with E-state index in [4.69, 9.17) is 4.74 Å². The van der Waals surface area contributed by atoms with Crippen LogP contribution in [0.1, 0.15) is 32.1 Å². The summed E-state index contributed by atoms with van der Waals surface area (Å²) in [5, 5.41) is 3.75. The van der Waals surface area contributed by atoms with Crippen molar-refractivity contribution in [3.05, 3.63) is 0 Å². The van der Waals surface area contributed by atoms with Gasteiger partial charge in [-0.3, -0.25) is 0 Å². The van der Waals surface area contributed by atoms with Crippen LogP contribution in [0.2, 0.25) is 0 Å². The first kappa shape index (κ1) is 13.6. The van der Waals surface area contributed by atoms with Crippen LogP contribution in [0.15, 0.2) is 0 Å². The molecule has 0 spiro atoms. The van der Waals surface area contributed by atoms with Gasteiger partial charge in [-0.2, -0.15) is 0 Å². The van der Waals surface area contributed by atoms with Gasteiger partial charge in [-0.15, -0.1) is 12.4 Å². The lowest BCUT2D eigenvalue weighted by Gasteiger charge is -2.30. The number of fused-ring (bicyclic) bond motifs is 2. The molecule has 3 fully saturated rings. The van der Waals surface area contributed by atoms with Crippen molar-refractivity contribution in [1.29, 1.82) is 0 Å². The first-order valence-corrected chi connectivity index (χ1v) is 6.96. The van der Waals surface area contributed by atoms with Crippen LogP contribution in [0.5, 0.6) is 0 Å². The van der Waals surface area contributed by atoms with Crippen LogP contribution in [0, 0.1) is 5.92 Å². The van der Waals surface area contributed by atoms with Crippen molar-refractivity contribution in [2.75, 3.05) is 32.8 Å². The standard InChI is InChI=1S/C13H24N2O.ClH/c1-2-11(10-16-7-1)8-15-6-5-12-3-4-13(9-15)14-12;/h11-14H,1-10H2;1H. The fourth-order valence-corrected chi connectivity index (χ4v) is 3.50. The number of nitrogens with one attached hydrogen (secondary N) is 1. The van der Waals surface area contributed by atoms with E-state index in [9.17, 15) is 0 Å². The lowest BCUT2D eigenvalue weighted by molar-refractivity contribution is 0.0378. The number of hydrogen-bond donors (Lipinski definition) is 1. The van der Waals surface area contributed by atoms with Crippen LogP contribution in [0.3, 0.4) is 0 Å². The molecular formula is C13H25ClN2O. The monoisotopic (exact) mass is 260 g/mol. The Labute approximate surface area is 111 Å². The third-order valence-electron chi connectivity index (χ3n) is 4.38. The van der Waals surface area contributed by atoms with Gasteiger partial charge in [0.25, 0.3) is 0 Å². The Morgan fingerprint density at radius 3 is 2.82 bits per heavy atom. The molecule has 3 heterocycles. The van der Waals surface area contributed by atoms with E-state index in [-0.39, 0.29) is 12.4 Å². The summed E-state index contributed by atoms with van der Waals surface area (Å²) in [5.41, 5.74) is 0. The molecule has 3 nitrogen and oxygen atoms in total. The van der Waals surface area contributed by atoms with Crippen LogP contribution in [0.25, 0.3) is 0 Å². The molecule has 0 aliphatic carbocycles. The zero-order valence-corrected chi connectivity index (χ0v) is 11.4. The van der Waals surface area contributed by atoms with Crippen LogP contribution in [-0.2, 0) is 4.74 Å². The third-order valence-corrected chi connectivity index (χ3v) is 4.38. The second kappa shape index (κ2) is 6.37.